The standard InChI is InChI=1S/C9H12O2/c1-8(6-10)4-3-5-9(2)7-11/h3-5,7,10H,1,6H2,2H3/b4-3-,9-5+. The minimum atomic E-state index is -0.0511. The number of hydrogen-bond acceptors (Lipinski definition) is 2. The number of rotatable bonds is 4. The maximum absolute atomic E-state index is 10.1. The summed E-state index contributed by atoms with van der Waals surface area (Å²) < 4.78 is 0. The summed E-state index contributed by atoms with van der Waals surface area (Å²) in [6, 6.07) is 0. The highest BCUT2D eigenvalue weighted by Gasteiger charge is 1.81. The molecule has 60 valence electrons. The quantitative estimate of drug-likeness (QED) is 0.374. The number of aldehydes is 1. The van der Waals surface area contributed by atoms with Crippen molar-refractivity contribution in [3.05, 3.63) is 36.0 Å². The Kier molecular flexibility index (Phi) is 5.03. The minimum absolute atomic E-state index is 0.0511. The lowest BCUT2D eigenvalue weighted by atomic mass is 10.2. The van der Waals surface area contributed by atoms with Crippen LogP contribution < -0.4 is 0 Å². The van der Waals surface area contributed by atoms with E-state index >= 15 is 0 Å². The number of hydrogen-bond donors (Lipinski definition) is 1. The van der Waals surface area contributed by atoms with E-state index in [9.17, 15) is 4.79 Å². The fourth-order valence-electron chi connectivity index (χ4n) is 0.428. The Morgan fingerprint density at radius 1 is 1.64 bits per heavy atom. The third-order valence-corrected chi connectivity index (χ3v) is 1.08. The van der Waals surface area contributed by atoms with Crippen LogP contribution in [0.2, 0.25) is 0 Å². The molecule has 0 aromatic carbocycles. The zero-order valence-electron chi connectivity index (χ0n) is 6.58. The van der Waals surface area contributed by atoms with E-state index in [-0.39, 0.29) is 6.61 Å². The molecule has 0 radical (unpaired) electrons. The average molecular weight is 152 g/mol. The van der Waals surface area contributed by atoms with Crippen LogP contribution in [0.3, 0.4) is 0 Å². The summed E-state index contributed by atoms with van der Waals surface area (Å²) in [5.74, 6) is 0. The SMILES string of the molecule is C=C(/C=C\C=C(/C)C=O)CO. The third-order valence-electron chi connectivity index (χ3n) is 1.08. The number of aliphatic hydroxyl groups is 1. The van der Waals surface area contributed by atoms with Gasteiger partial charge >= 0.3 is 0 Å². The van der Waals surface area contributed by atoms with Crippen molar-refractivity contribution in [2.24, 2.45) is 0 Å². The highest BCUT2D eigenvalue weighted by molar-refractivity contribution is 5.72. The molecular weight excluding hydrogens is 140 g/mol. The first kappa shape index (κ1) is 9.85. The summed E-state index contributed by atoms with van der Waals surface area (Å²) in [6.45, 7) is 5.20. The van der Waals surface area contributed by atoms with Gasteiger partial charge in [0.05, 0.1) is 6.61 Å². The van der Waals surface area contributed by atoms with Gasteiger partial charge in [0.1, 0.15) is 6.29 Å². The maximum Gasteiger partial charge on any atom is 0.145 e. The molecule has 0 amide bonds. The fourth-order valence-corrected chi connectivity index (χ4v) is 0.428. The summed E-state index contributed by atoms with van der Waals surface area (Å²) in [6.07, 6.45) is 5.77. The molecule has 0 aliphatic carbocycles. The normalized spacial score (nSPS) is 12.0. The van der Waals surface area contributed by atoms with Crippen LogP contribution in [-0.4, -0.2) is 18.0 Å². The van der Waals surface area contributed by atoms with Gasteiger partial charge in [0.15, 0.2) is 0 Å². The molecule has 11 heavy (non-hydrogen) atoms. The van der Waals surface area contributed by atoms with Crippen molar-refractivity contribution in [2.45, 2.75) is 6.92 Å². The van der Waals surface area contributed by atoms with Gasteiger partial charge in [0.25, 0.3) is 0 Å². The van der Waals surface area contributed by atoms with Gasteiger partial charge in [-0.05, 0) is 18.1 Å². The van der Waals surface area contributed by atoms with Crippen molar-refractivity contribution in [1.82, 2.24) is 0 Å². The zero-order chi connectivity index (χ0) is 8.69. The van der Waals surface area contributed by atoms with Crippen molar-refractivity contribution in [1.29, 1.82) is 0 Å². The lowest BCUT2D eigenvalue weighted by Gasteiger charge is -1.88. The van der Waals surface area contributed by atoms with Crippen molar-refractivity contribution < 1.29 is 9.90 Å². The Bertz CT molecular complexity index is 200. The minimum Gasteiger partial charge on any atom is -0.392 e. The Morgan fingerprint density at radius 2 is 2.27 bits per heavy atom. The Morgan fingerprint density at radius 3 is 2.73 bits per heavy atom. The van der Waals surface area contributed by atoms with Gasteiger partial charge in [-0.3, -0.25) is 4.79 Å². The van der Waals surface area contributed by atoms with Crippen LogP contribution in [-0.2, 0) is 4.79 Å². The second-order valence-corrected chi connectivity index (χ2v) is 2.20. The lowest BCUT2D eigenvalue weighted by Crippen LogP contribution is -1.81. The molecule has 0 bridgehead atoms. The topological polar surface area (TPSA) is 37.3 Å². The molecule has 0 saturated carbocycles. The molecule has 0 saturated heterocycles. The van der Waals surface area contributed by atoms with Gasteiger partial charge in [-0.25, -0.2) is 0 Å². The van der Waals surface area contributed by atoms with Gasteiger partial charge in [0.2, 0.25) is 0 Å². The Hall–Kier alpha value is -1.15. The molecular formula is C9H12O2. The highest BCUT2D eigenvalue weighted by atomic mass is 16.3. The predicted octanol–water partition coefficient (Wildman–Crippen LogP) is 1.24. The van der Waals surface area contributed by atoms with Crippen LogP contribution in [0.5, 0.6) is 0 Å². The molecule has 0 spiro atoms. The summed E-state index contributed by atoms with van der Waals surface area (Å²) >= 11 is 0. The molecule has 0 aromatic heterocycles. The summed E-state index contributed by atoms with van der Waals surface area (Å²) in [5.41, 5.74) is 1.27. The van der Waals surface area contributed by atoms with E-state index in [2.05, 4.69) is 6.58 Å². The molecule has 0 aliphatic heterocycles. The Balaban J connectivity index is 3.95. The van der Waals surface area contributed by atoms with Crippen LogP contribution in [0.15, 0.2) is 36.0 Å². The van der Waals surface area contributed by atoms with E-state index in [0.29, 0.717) is 11.1 Å². The van der Waals surface area contributed by atoms with Crippen LogP contribution in [0.4, 0.5) is 0 Å². The number of carbonyl (C=O) groups is 1. The molecule has 0 atom stereocenters. The van der Waals surface area contributed by atoms with E-state index < -0.39 is 0 Å². The van der Waals surface area contributed by atoms with Crippen LogP contribution in [0, 0.1) is 0 Å². The first-order valence-electron chi connectivity index (χ1n) is 3.29. The molecule has 2 nitrogen and oxygen atoms in total. The zero-order valence-corrected chi connectivity index (χ0v) is 6.58. The Labute approximate surface area is 66.5 Å². The number of carbonyl (C=O) groups excluding carboxylic acids is 1. The van der Waals surface area contributed by atoms with Crippen molar-refractivity contribution in [2.75, 3.05) is 6.61 Å². The molecule has 0 aliphatic rings. The van der Waals surface area contributed by atoms with Crippen molar-refractivity contribution in [3.63, 3.8) is 0 Å². The fraction of sp³-hybridized carbons (Fsp3) is 0.222. The number of aliphatic hydroxyl groups excluding tert-OH is 1. The second-order valence-electron chi connectivity index (χ2n) is 2.20. The van der Waals surface area contributed by atoms with Gasteiger partial charge in [-0.2, -0.15) is 0 Å². The second kappa shape index (κ2) is 5.62. The first-order valence-corrected chi connectivity index (χ1v) is 3.29. The van der Waals surface area contributed by atoms with Gasteiger partial charge in [-0.1, -0.05) is 24.8 Å². The van der Waals surface area contributed by atoms with Crippen molar-refractivity contribution in [3.8, 4) is 0 Å². The first-order chi connectivity index (χ1) is 5.20. The van der Waals surface area contributed by atoms with E-state index in [4.69, 9.17) is 5.11 Å². The van der Waals surface area contributed by atoms with Crippen LogP contribution in [0.25, 0.3) is 0 Å². The molecule has 0 aromatic rings. The number of allylic oxidation sites excluding steroid dienone is 3. The average Bonchev–Trinajstić information content (AvgIpc) is 2.04. The van der Waals surface area contributed by atoms with Crippen LogP contribution in [0.1, 0.15) is 6.92 Å². The lowest BCUT2D eigenvalue weighted by molar-refractivity contribution is -0.104. The molecule has 0 heterocycles. The van der Waals surface area contributed by atoms with E-state index in [1.807, 2.05) is 0 Å². The monoisotopic (exact) mass is 152 g/mol. The maximum atomic E-state index is 10.1. The summed E-state index contributed by atoms with van der Waals surface area (Å²) in [7, 11) is 0. The van der Waals surface area contributed by atoms with E-state index in [1.54, 1.807) is 25.2 Å². The van der Waals surface area contributed by atoms with E-state index in [1.165, 1.54) is 0 Å². The highest BCUT2D eigenvalue weighted by Crippen LogP contribution is 1.92. The largest absolute Gasteiger partial charge is 0.392 e. The van der Waals surface area contributed by atoms with Crippen LogP contribution >= 0.6 is 0 Å². The molecule has 0 fully saturated rings. The van der Waals surface area contributed by atoms with E-state index in [0.717, 1.165) is 6.29 Å². The summed E-state index contributed by atoms with van der Waals surface area (Å²) in [4.78, 5) is 10.1. The smallest absolute Gasteiger partial charge is 0.145 e. The van der Waals surface area contributed by atoms with Crippen molar-refractivity contribution >= 4 is 6.29 Å². The predicted molar refractivity (Wildman–Crippen MR) is 45.2 cm³/mol. The molecule has 0 unspecified atom stereocenters. The third kappa shape index (κ3) is 5.30. The molecule has 1 N–H and O–H groups in total. The summed E-state index contributed by atoms with van der Waals surface area (Å²) in [5, 5.41) is 8.52. The molecule has 2 heteroatoms. The van der Waals surface area contributed by atoms with Gasteiger partial charge in [-0.15, -0.1) is 0 Å². The van der Waals surface area contributed by atoms with Gasteiger partial charge in [0, 0.05) is 0 Å². The molecule has 0 rings (SSSR count). The van der Waals surface area contributed by atoms with Gasteiger partial charge < -0.3 is 5.11 Å².